The molecule has 9 nitrogen and oxygen atoms in total. The first kappa shape index (κ1) is 24.0. The van der Waals surface area contributed by atoms with E-state index in [9.17, 15) is 19.7 Å². The summed E-state index contributed by atoms with van der Waals surface area (Å²) in [5.74, 6) is 0.361. The van der Waals surface area contributed by atoms with E-state index in [0.29, 0.717) is 42.1 Å². The maximum absolute atomic E-state index is 12.5. The van der Waals surface area contributed by atoms with Crippen LogP contribution in [-0.4, -0.2) is 50.6 Å². The Morgan fingerprint density at radius 1 is 1.06 bits per heavy atom. The van der Waals surface area contributed by atoms with Gasteiger partial charge in [0.2, 0.25) is 5.78 Å². The van der Waals surface area contributed by atoms with Gasteiger partial charge < -0.3 is 19.1 Å². The third-order valence-electron chi connectivity index (χ3n) is 5.66. The molecule has 1 heterocycles. The van der Waals surface area contributed by atoms with E-state index in [1.54, 1.807) is 18.2 Å². The Labute approximate surface area is 192 Å². The van der Waals surface area contributed by atoms with Crippen LogP contribution in [0.15, 0.2) is 36.4 Å². The summed E-state index contributed by atoms with van der Waals surface area (Å²) in [7, 11) is 2.91. The van der Waals surface area contributed by atoms with Gasteiger partial charge in [-0.3, -0.25) is 14.9 Å². The van der Waals surface area contributed by atoms with Crippen LogP contribution in [0.3, 0.4) is 0 Å². The summed E-state index contributed by atoms with van der Waals surface area (Å²) in [6.07, 6.45) is 1.07. The third-order valence-corrected chi connectivity index (χ3v) is 5.66. The molecule has 0 N–H and O–H groups in total. The number of carbonyl (C=O) groups is 2. The Hall–Kier alpha value is -3.62. The second kappa shape index (κ2) is 10.3. The van der Waals surface area contributed by atoms with E-state index >= 15 is 0 Å². The Morgan fingerprint density at radius 3 is 2.36 bits per heavy atom. The molecule has 1 saturated heterocycles. The summed E-state index contributed by atoms with van der Waals surface area (Å²) in [6.45, 7) is 5.14. The molecule has 3 rings (SSSR count). The molecule has 0 spiro atoms. The van der Waals surface area contributed by atoms with Crippen molar-refractivity contribution in [2.24, 2.45) is 11.8 Å². The minimum atomic E-state index is -0.814. The van der Waals surface area contributed by atoms with Crippen molar-refractivity contribution in [1.82, 2.24) is 0 Å². The zero-order chi connectivity index (χ0) is 24.1. The lowest BCUT2D eigenvalue weighted by atomic mass is 9.91. The Bertz CT molecular complexity index is 1040. The van der Waals surface area contributed by atoms with Gasteiger partial charge in [-0.1, -0.05) is 13.8 Å². The number of benzene rings is 2. The first-order valence-corrected chi connectivity index (χ1v) is 10.7. The minimum absolute atomic E-state index is 0.0121. The van der Waals surface area contributed by atoms with Crippen molar-refractivity contribution < 1.29 is 28.7 Å². The van der Waals surface area contributed by atoms with Crippen LogP contribution in [0.25, 0.3) is 0 Å². The molecule has 0 aliphatic carbocycles. The van der Waals surface area contributed by atoms with Crippen molar-refractivity contribution in [2.75, 3.05) is 38.8 Å². The summed E-state index contributed by atoms with van der Waals surface area (Å²) >= 11 is 0. The molecule has 2 aromatic carbocycles. The second-order valence-electron chi connectivity index (χ2n) is 8.38. The Balaban J connectivity index is 1.74. The highest BCUT2D eigenvalue weighted by Gasteiger charge is 2.28. The number of nitro groups is 1. The lowest BCUT2D eigenvalue weighted by Crippen LogP contribution is -2.39. The number of methoxy groups -OCH3 is 2. The van der Waals surface area contributed by atoms with Gasteiger partial charge in [-0.2, -0.15) is 0 Å². The number of anilines is 1. The first-order valence-electron chi connectivity index (χ1n) is 10.7. The molecule has 0 aromatic heterocycles. The van der Waals surface area contributed by atoms with Crippen LogP contribution in [0, 0.1) is 22.0 Å². The van der Waals surface area contributed by atoms with Gasteiger partial charge in [0.1, 0.15) is 17.2 Å². The van der Waals surface area contributed by atoms with Crippen molar-refractivity contribution >= 4 is 23.1 Å². The second-order valence-corrected chi connectivity index (χ2v) is 8.38. The summed E-state index contributed by atoms with van der Waals surface area (Å²) in [6, 6.07) is 8.95. The van der Waals surface area contributed by atoms with E-state index in [1.165, 1.54) is 32.4 Å². The lowest BCUT2D eigenvalue weighted by molar-refractivity contribution is -0.384. The maximum atomic E-state index is 12.5. The number of ketones is 1. The van der Waals surface area contributed by atoms with E-state index < -0.39 is 23.3 Å². The van der Waals surface area contributed by atoms with Crippen LogP contribution in [0.4, 0.5) is 11.4 Å². The van der Waals surface area contributed by atoms with Crippen LogP contribution in [-0.2, 0) is 4.74 Å². The lowest BCUT2D eigenvalue weighted by Gasteiger charge is -2.36. The normalized spacial score (nSPS) is 17.9. The fourth-order valence-electron chi connectivity index (χ4n) is 4.24. The molecule has 2 aromatic rings. The van der Waals surface area contributed by atoms with Gasteiger partial charge in [-0.25, -0.2) is 4.79 Å². The van der Waals surface area contributed by atoms with Gasteiger partial charge in [-0.15, -0.1) is 0 Å². The zero-order valence-electron chi connectivity index (χ0n) is 19.2. The van der Waals surface area contributed by atoms with Crippen molar-refractivity contribution in [3.63, 3.8) is 0 Å². The molecule has 0 amide bonds. The molecular formula is C24H28N2O7. The first-order chi connectivity index (χ1) is 15.7. The third kappa shape index (κ3) is 5.60. The summed E-state index contributed by atoms with van der Waals surface area (Å²) < 4.78 is 15.5. The molecule has 0 saturated carbocycles. The molecule has 1 aliphatic rings. The van der Waals surface area contributed by atoms with Gasteiger partial charge in [0, 0.05) is 25.2 Å². The number of hydrogen-bond acceptors (Lipinski definition) is 8. The monoisotopic (exact) mass is 456 g/mol. The number of nitrogens with zero attached hydrogens (tertiary/aromatic N) is 2. The van der Waals surface area contributed by atoms with Crippen LogP contribution >= 0.6 is 0 Å². The van der Waals surface area contributed by atoms with Gasteiger partial charge in [0.05, 0.1) is 30.3 Å². The van der Waals surface area contributed by atoms with E-state index in [-0.39, 0.29) is 16.8 Å². The van der Waals surface area contributed by atoms with Crippen LogP contribution < -0.4 is 14.4 Å². The molecular weight excluding hydrogens is 428 g/mol. The molecule has 33 heavy (non-hydrogen) atoms. The van der Waals surface area contributed by atoms with Crippen molar-refractivity contribution in [3.05, 3.63) is 57.6 Å². The number of hydrogen-bond donors (Lipinski definition) is 0. The Kier molecular flexibility index (Phi) is 7.52. The van der Waals surface area contributed by atoms with E-state index in [4.69, 9.17) is 14.2 Å². The van der Waals surface area contributed by atoms with Gasteiger partial charge in [-0.05, 0) is 42.5 Å². The molecule has 0 bridgehead atoms. The van der Waals surface area contributed by atoms with Crippen LogP contribution in [0.2, 0.25) is 0 Å². The highest BCUT2D eigenvalue weighted by molar-refractivity contribution is 6.01. The van der Waals surface area contributed by atoms with Crippen molar-refractivity contribution in [2.45, 2.75) is 20.3 Å². The van der Waals surface area contributed by atoms with E-state index in [0.717, 1.165) is 6.42 Å². The molecule has 0 radical (unpaired) electrons. The number of rotatable bonds is 8. The number of carbonyl (C=O) groups excluding carboxylic acids is 2. The van der Waals surface area contributed by atoms with Gasteiger partial charge in [0.25, 0.3) is 5.69 Å². The average Bonchev–Trinajstić information content (AvgIpc) is 2.80. The smallest absolute Gasteiger partial charge is 0.338 e. The van der Waals surface area contributed by atoms with Crippen molar-refractivity contribution in [3.8, 4) is 11.5 Å². The fourth-order valence-corrected chi connectivity index (χ4v) is 4.24. The fraction of sp³-hybridized carbons (Fsp3) is 0.417. The molecule has 1 aliphatic heterocycles. The predicted octanol–water partition coefficient (Wildman–Crippen LogP) is 4.13. The van der Waals surface area contributed by atoms with Crippen molar-refractivity contribution in [1.29, 1.82) is 0 Å². The standard InChI is InChI=1S/C24H28N2O7/c1-15-9-16(2)13-25(12-15)20-8-5-17(10-21(20)26(29)30)24(28)33-14-22(27)19-7-6-18(31-3)11-23(19)32-4/h5-8,10-11,15-16H,9,12-14H2,1-4H3. The highest BCUT2D eigenvalue weighted by Crippen LogP contribution is 2.34. The summed E-state index contributed by atoms with van der Waals surface area (Å²) in [5, 5.41) is 11.7. The summed E-state index contributed by atoms with van der Waals surface area (Å²) in [5.41, 5.74) is 0.571. The molecule has 2 atom stereocenters. The number of esters is 1. The minimum Gasteiger partial charge on any atom is -0.497 e. The van der Waals surface area contributed by atoms with Crippen LogP contribution in [0.5, 0.6) is 11.5 Å². The van der Waals surface area contributed by atoms with Gasteiger partial charge in [0.15, 0.2) is 6.61 Å². The number of Topliss-reactive ketones (excluding diaryl/α,β-unsaturated/α-hetero) is 1. The topological polar surface area (TPSA) is 108 Å². The summed E-state index contributed by atoms with van der Waals surface area (Å²) in [4.78, 5) is 38.3. The largest absolute Gasteiger partial charge is 0.497 e. The quantitative estimate of drug-likeness (QED) is 0.252. The molecule has 9 heteroatoms. The number of nitro benzene ring substituents is 1. The SMILES string of the molecule is COc1ccc(C(=O)COC(=O)c2ccc(N3CC(C)CC(C)C3)c([N+](=O)[O-])c2)c(OC)c1. The van der Waals surface area contributed by atoms with Gasteiger partial charge >= 0.3 is 5.97 Å². The maximum Gasteiger partial charge on any atom is 0.338 e. The van der Waals surface area contributed by atoms with Crippen LogP contribution in [0.1, 0.15) is 41.0 Å². The van der Waals surface area contributed by atoms with E-state index in [1.807, 2.05) is 4.90 Å². The Morgan fingerprint density at radius 2 is 1.76 bits per heavy atom. The van der Waals surface area contributed by atoms with E-state index in [2.05, 4.69) is 13.8 Å². The zero-order valence-corrected chi connectivity index (χ0v) is 19.2. The molecule has 1 fully saturated rings. The number of piperidine rings is 1. The average molecular weight is 456 g/mol. The molecule has 176 valence electrons. The predicted molar refractivity (Wildman–Crippen MR) is 122 cm³/mol. The molecule has 2 unspecified atom stereocenters. The highest BCUT2D eigenvalue weighted by atomic mass is 16.6. The number of ether oxygens (including phenoxy) is 3.